The molecular weight excluding hydrogens is 481 g/mol. The van der Waals surface area contributed by atoms with E-state index < -0.39 is 17.8 Å². The highest BCUT2D eigenvalue weighted by Gasteiger charge is 2.30. The number of alkyl halides is 3. The molecule has 0 unspecified atom stereocenters. The first-order valence-corrected chi connectivity index (χ1v) is 10.8. The lowest BCUT2D eigenvalue weighted by atomic mass is 10.2. The topological polar surface area (TPSA) is 51.7 Å². The SMILES string of the molecule is O=C(Oc1ccccc1)N(Cc1ccc(Oc2ccc(C(F)(F)F)cn2)cc1)c1ccccc1Cl. The van der Waals surface area contributed by atoms with Crippen molar-refractivity contribution in [2.45, 2.75) is 12.7 Å². The maximum atomic E-state index is 13.0. The van der Waals surface area contributed by atoms with E-state index >= 15 is 0 Å². The molecule has 0 saturated carbocycles. The summed E-state index contributed by atoms with van der Waals surface area (Å²) in [7, 11) is 0. The number of pyridine rings is 1. The minimum Gasteiger partial charge on any atom is -0.439 e. The molecule has 0 aliphatic heterocycles. The molecule has 0 fully saturated rings. The second-order valence-corrected chi connectivity index (χ2v) is 7.75. The first-order valence-electron chi connectivity index (χ1n) is 10.4. The van der Waals surface area contributed by atoms with Gasteiger partial charge in [0.2, 0.25) is 5.88 Å². The molecule has 4 rings (SSSR count). The number of rotatable bonds is 6. The number of hydrogen-bond donors (Lipinski definition) is 0. The number of ether oxygens (including phenoxy) is 2. The standard InChI is InChI=1S/C26H18ClF3N2O3/c27-22-8-4-5-9-23(22)32(25(33)35-20-6-2-1-3-7-20)17-18-10-13-21(14-11-18)34-24-15-12-19(16-31-24)26(28,29)30/h1-16H,17H2. The number of anilines is 1. The van der Waals surface area contributed by atoms with E-state index in [0.29, 0.717) is 28.4 Å². The summed E-state index contributed by atoms with van der Waals surface area (Å²) in [6, 6.07) is 24.3. The van der Waals surface area contributed by atoms with Gasteiger partial charge in [0.25, 0.3) is 0 Å². The molecule has 0 N–H and O–H groups in total. The van der Waals surface area contributed by atoms with Crippen LogP contribution in [0.25, 0.3) is 0 Å². The Hall–Kier alpha value is -4.04. The average Bonchev–Trinajstić information content (AvgIpc) is 2.84. The highest BCUT2D eigenvalue weighted by molar-refractivity contribution is 6.33. The van der Waals surface area contributed by atoms with Crippen LogP contribution in [0.3, 0.4) is 0 Å². The number of benzene rings is 3. The van der Waals surface area contributed by atoms with Crippen LogP contribution in [-0.2, 0) is 12.7 Å². The number of nitrogens with zero attached hydrogens (tertiary/aromatic N) is 2. The molecule has 0 aliphatic carbocycles. The summed E-state index contributed by atoms with van der Waals surface area (Å²) >= 11 is 6.34. The van der Waals surface area contributed by atoms with Crippen molar-refractivity contribution in [1.82, 2.24) is 4.98 Å². The first-order chi connectivity index (χ1) is 16.8. The van der Waals surface area contributed by atoms with Crippen LogP contribution in [0.2, 0.25) is 5.02 Å². The number of amides is 1. The fraction of sp³-hybridized carbons (Fsp3) is 0.0769. The zero-order valence-electron chi connectivity index (χ0n) is 18.1. The monoisotopic (exact) mass is 498 g/mol. The second kappa shape index (κ2) is 10.5. The fourth-order valence-electron chi connectivity index (χ4n) is 3.14. The van der Waals surface area contributed by atoms with Gasteiger partial charge in [-0.15, -0.1) is 0 Å². The molecule has 0 atom stereocenters. The van der Waals surface area contributed by atoms with Crippen molar-refractivity contribution in [3.05, 3.63) is 113 Å². The molecule has 1 heterocycles. The van der Waals surface area contributed by atoms with E-state index in [1.54, 1.807) is 72.8 Å². The van der Waals surface area contributed by atoms with Crippen molar-refractivity contribution in [3.8, 4) is 17.4 Å². The van der Waals surface area contributed by atoms with Gasteiger partial charge in [-0.2, -0.15) is 13.2 Å². The molecule has 0 saturated heterocycles. The van der Waals surface area contributed by atoms with Gasteiger partial charge in [0, 0.05) is 12.3 Å². The molecule has 178 valence electrons. The molecule has 0 aliphatic rings. The third kappa shape index (κ3) is 6.30. The third-order valence-electron chi connectivity index (χ3n) is 4.86. The number of carbonyl (C=O) groups excluding carboxylic acids is 1. The summed E-state index contributed by atoms with van der Waals surface area (Å²) in [6.45, 7) is 0.147. The Kier molecular flexibility index (Phi) is 7.22. The molecular formula is C26H18ClF3N2O3. The summed E-state index contributed by atoms with van der Waals surface area (Å²) < 4.78 is 49.1. The van der Waals surface area contributed by atoms with Crippen molar-refractivity contribution in [1.29, 1.82) is 0 Å². The molecule has 3 aromatic carbocycles. The maximum absolute atomic E-state index is 13.0. The number of aromatic nitrogens is 1. The average molecular weight is 499 g/mol. The molecule has 5 nitrogen and oxygen atoms in total. The van der Waals surface area contributed by atoms with Crippen molar-refractivity contribution in [2.24, 2.45) is 0 Å². The molecule has 1 amide bonds. The quantitative estimate of drug-likeness (QED) is 0.273. The summed E-state index contributed by atoms with van der Waals surface area (Å²) in [5, 5.41) is 0.380. The highest BCUT2D eigenvalue weighted by atomic mass is 35.5. The van der Waals surface area contributed by atoms with Crippen molar-refractivity contribution in [3.63, 3.8) is 0 Å². The zero-order chi connectivity index (χ0) is 24.8. The van der Waals surface area contributed by atoms with Gasteiger partial charge in [0.05, 0.1) is 22.8 Å². The molecule has 0 spiro atoms. The Bertz CT molecular complexity index is 1280. The lowest BCUT2D eigenvalue weighted by Crippen LogP contribution is -2.33. The summed E-state index contributed by atoms with van der Waals surface area (Å²) in [6.07, 6.45) is -4.37. The van der Waals surface area contributed by atoms with Crippen LogP contribution in [0.4, 0.5) is 23.7 Å². The Morgan fingerprint density at radius 3 is 2.17 bits per heavy atom. The lowest BCUT2D eigenvalue weighted by Gasteiger charge is -2.23. The molecule has 9 heteroatoms. The maximum Gasteiger partial charge on any atom is 0.420 e. The van der Waals surface area contributed by atoms with Crippen LogP contribution in [-0.4, -0.2) is 11.1 Å². The van der Waals surface area contributed by atoms with Crippen molar-refractivity contribution < 1.29 is 27.4 Å². The van der Waals surface area contributed by atoms with E-state index in [9.17, 15) is 18.0 Å². The van der Waals surface area contributed by atoms with Gasteiger partial charge in [-0.05, 0) is 48.0 Å². The van der Waals surface area contributed by atoms with Gasteiger partial charge in [-0.3, -0.25) is 4.90 Å². The molecule has 1 aromatic heterocycles. The van der Waals surface area contributed by atoms with Crippen LogP contribution < -0.4 is 14.4 Å². The van der Waals surface area contributed by atoms with Gasteiger partial charge in [-0.25, -0.2) is 9.78 Å². The van der Waals surface area contributed by atoms with Crippen LogP contribution in [0.5, 0.6) is 17.4 Å². The largest absolute Gasteiger partial charge is 0.439 e. The van der Waals surface area contributed by atoms with Crippen LogP contribution in [0.15, 0.2) is 97.2 Å². The van der Waals surface area contributed by atoms with E-state index in [1.165, 1.54) is 4.90 Å². The Balaban J connectivity index is 1.50. The van der Waals surface area contributed by atoms with Crippen molar-refractivity contribution in [2.75, 3.05) is 4.90 Å². The minimum atomic E-state index is -4.47. The second-order valence-electron chi connectivity index (χ2n) is 7.35. The van der Waals surface area contributed by atoms with Gasteiger partial charge in [0.15, 0.2) is 0 Å². The fourth-order valence-corrected chi connectivity index (χ4v) is 3.38. The van der Waals surface area contributed by atoms with Crippen molar-refractivity contribution >= 4 is 23.4 Å². The van der Waals surface area contributed by atoms with Gasteiger partial charge in [0.1, 0.15) is 11.5 Å². The lowest BCUT2D eigenvalue weighted by molar-refractivity contribution is -0.137. The number of halogens is 4. The summed E-state index contributed by atoms with van der Waals surface area (Å²) in [5.74, 6) is 0.786. The van der Waals surface area contributed by atoms with Crippen LogP contribution in [0, 0.1) is 0 Å². The van der Waals surface area contributed by atoms with Crippen LogP contribution in [0.1, 0.15) is 11.1 Å². The number of para-hydroxylation sites is 2. The molecule has 0 bridgehead atoms. The predicted octanol–water partition coefficient (Wildman–Crippen LogP) is 7.75. The smallest absolute Gasteiger partial charge is 0.420 e. The Morgan fingerprint density at radius 2 is 1.54 bits per heavy atom. The van der Waals surface area contributed by atoms with Gasteiger partial charge in [-0.1, -0.05) is 54.1 Å². The number of carbonyl (C=O) groups is 1. The minimum absolute atomic E-state index is 0.0230. The summed E-state index contributed by atoms with van der Waals surface area (Å²) in [4.78, 5) is 18.1. The molecule has 35 heavy (non-hydrogen) atoms. The van der Waals surface area contributed by atoms with E-state index in [-0.39, 0.29) is 12.4 Å². The van der Waals surface area contributed by atoms with E-state index in [0.717, 1.165) is 17.7 Å². The zero-order valence-corrected chi connectivity index (χ0v) is 18.8. The van der Waals surface area contributed by atoms with Gasteiger partial charge >= 0.3 is 12.3 Å². The first kappa shape index (κ1) is 24.1. The number of hydrogen-bond acceptors (Lipinski definition) is 4. The van der Waals surface area contributed by atoms with Gasteiger partial charge < -0.3 is 9.47 Å². The van der Waals surface area contributed by atoms with E-state index in [4.69, 9.17) is 21.1 Å². The van der Waals surface area contributed by atoms with Crippen LogP contribution >= 0.6 is 11.6 Å². The third-order valence-corrected chi connectivity index (χ3v) is 5.18. The van der Waals surface area contributed by atoms with E-state index in [1.807, 2.05) is 6.07 Å². The normalized spacial score (nSPS) is 11.1. The molecule has 4 aromatic rings. The molecule has 0 radical (unpaired) electrons. The summed E-state index contributed by atoms with van der Waals surface area (Å²) in [5.41, 5.74) is 0.356. The predicted molar refractivity (Wildman–Crippen MR) is 126 cm³/mol. The Morgan fingerprint density at radius 1 is 0.857 bits per heavy atom. The Labute approximate surface area is 204 Å². The van der Waals surface area contributed by atoms with E-state index in [2.05, 4.69) is 4.98 Å². The highest BCUT2D eigenvalue weighted by Crippen LogP contribution is 2.31.